The number of hydrogen-bond acceptors (Lipinski definition) is 2. The van der Waals surface area contributed by atoms with E-state index in [1.54, 1.807) is 0 Å². The third-order valence-corrected chi connectivity index (χ3v) is 1.72. The third kappa shape index (κ3) is 3.45. The predicted molar refractivity (Wildman–Crippen MR) is 40.0 cm³/mol. The molecule has 0 aromatic carbocycles. The summed E-state index contributed by atoms with van der Waals surface area (Å²) in [6, 6.07) is 0.141. The van der Waals surface area contributed by atoms with Crippen molar-refractivity contribution in [3.63, 3.8) is 0 Å². The van der Waals surface area contributed by atoms with Gasteiger partial charge in [0.25, 0.3) is 0 Å². The second-order valence-electron chi connectivity index (χ2n) is 2.52. The first-order valence-corrected chi connectivity index (χ1v) is 3.50. The van der Waals surface area contributed by atoms with Crippen LogP contribution >= 0.6 is 0 Å². The van der Waals surface area contributed by atoms with Crippen molar-refractivity contribution >= 4 is 5.97 Å². The lowest BCUT2D eigenvalue weighted by atomic mass is 10.2. The fraction of sp³-hybridized carbons (Fsp3) is 0.857. The Hall–Kier alpha value is -0.570. The second-order valence-corrected chi connectivity index (χ2v) is 2.52. The zero-order chi connectivity index (χ0) is 8.15. The van der Waals surface area contributed by atoms with Gasteiger partial charge in [-0.25, -0.2) is 0 Å². The first kappa shape index (κ1) is 9.43. The van der Waals surface area contributed by atoms with E-state index in [1.807, 2.05) is 25.8 Å². The van der Waals surface area contributed by atoms with E-state index in [2.05, 4.69) is 0 Å². The maximum atomic E-state index is 10.2. The molecule has 0 spiro atoms. The lowest BCUT2D eigenvalue weighted by molar-refractivity contribution is -0.138. The van der Waals surface area contributed by atoms with Gasteiger partial charge in [0, 0.05) is 6.04 Å². The number of carboxylic acids is 1. The Morgan fingerprint density at radius 2 is 2.20 bits per heavy atom. The normalized spacial score (nSPS) is 13.6. The summed E-state index contributed by atoms with van der Waals surface area (Å²) in [6.45, 7) is 4.82. The van der Waals surface area contributed by atoms with Gasteiger partial charge in [0.15, 0.2) is 0 Å². The molecule has 0 aromatic heterocycles. The molecule has 0 bridgehead atoms. The van der Waals surface area contributed by atoms with Gasteiger partial charge in [0.1, 0.15) is 0 Å². The smallest absolute Gasteiger partial charge is 0.304 e. The van der Waals surface area contributed by atoms with E-state index in [1.165, 1.54) is 0 Å². The summed E-state index contributed by atoms with van der Waals surface area (Å²) < 4.78 is 0. The SMILES string of the molecule is CCN(C)[C@@H](C)CC(=O)O. The number of hydrogen-bond donors (Lipinski definition) is 1. The molecular formula is C7H15NO2. The Bertz CT molecular complexity index is 114. The minimum atomic E-state index is -0.729. The molecule has 10 heavy (non-hydrogen) atoms. The highest BCUT2D eigenvalue weighted by Gasteiger charge is 2.10. The van der Waals surface area contributed by atoms with Crippen LogP contribution in [0, 0.1) is 0 Å². The van der Waals surface area contributed by atoms with Gasteiger partial charge in [0.2, 0.25) is 0 Å². The van der Waals surface area contributed by atoms with Crippen molar-refractivity contribution in [2.24, 2.45) is 0 Å². The van der Waals surface area contributed by atoms with Crippen LogP contribution < -0.4 is 0 Å². The van der Waals surface area contributed by atoms with Crippen molar-refractivity contribution in [2.45, 2.75) is 26.3 Å². The van der Waals surface area contributed by atoms with Crippen molar-refractivity contribution in [1.82, 2.24) is 4.90 Å². The molecule has 0 radical (unpaired) electrons. The summed E-state index contributed by atoms with van der Waals surface area (Å²) in [5, 5.41) is 8.40. The second kappa shape index (κ2) is 4.28. The van der Waals surface area contributed by atoms with Gasteiger partial charge in [0.05, 0.1) is 6.42 Å². The Morgan fingerprint density at radius 3 is 2.50 bits per heavy atom. The molecule has 1 atom stereocenters. The summed E-state index contributed by atoms with van der Waals surface area (Å²) in [7, 11) is 1.92. The monoisotopic (exact) mass is 145 g/mol. The zero-order valence-corrected chi connectivity index (χ0v) is 6.79. The first-order chi connectivity index (χ1) is 4.57. The van der Waals surface area contributed by atoms with Crippen LogP contribution in [0.2, 0.25) is 0 Å². The lowest BCUT2D eigenvalue weighted by Crippen LogP contribution is -2.30. The molecule has 0 saturated carbocycles. The number of aliphatic carboxylic acids is 1. The molecule has 0 saturated heterocycles. The molecule has 1 N–H and O–H groups in total. The summed E-state index contributed by atoms with van der Waals surface area (Å²) >= 11 is 0. The van der Waals surface area contributed by atoms with Crippen LogP contribution in [0.15, 0.2) is 0 Å². The van der Waals surface area contributed by atoms with E-state index in [9.17, 15) is 4.79 Å². The number of carboxylic acid groups (broad SMARTS) is 1. The van der Waals surface area contributed by atoms with E-state index in [0.717, 1.165) is 6.54 Å². The molecule has 0 aliphatic heterocycles. The van der Waals surface area contributed by atoms with Gasteiger partial charge < -0.3 is 10.0 Å². The highest BCUT2D eigenvalue weighted by Crippen LogP contribution is 1.99. The highest BCUT2D eigenvalue weighted by atomic mass is 16.4. The number of rotatable bonds is 4. The van der Waals surface area contributed by atoms with Crippen LogP contribution in [-0.4, -0.2) is 35.6 Å². The quantitative estimate of drug-likeness (QED) is 0.636. The summed E-state index contributed by atoms with van der Waals surface area (Å²) in [5.74, 6) is -0.729. The molecule has 0 aliphatic carbocycles. The Labute approximate surface area is 61.6 Å². The Morgan fingerprint density at radius 1 is 1.70 bits per heavy atom. The van der Waals surface area contributed by atoms with Gasteiger partial charge in [-0.3, -0.25) is 4.79 Å². The van der Waals surface area contributed by atoms with Crippen LogP contribution in [0.1, 0.15) is 20.3 Å². The molecule has 60 valence electrons. The highest BCUT2D eigenvalue weighted by molar-refractivity contribution is 5.67. The van der Waals surface area contributed by atoms with Gasteiger partial charge in [-0.15, -0.1) is 0 Å². The molecule has 0 amide bonds. The van der Waals surface area contributed by atoms with Crippen molar-refractivity contribution in [3.8, 4) is 0 Å². The van der Waals surface area contributed by atoms with E-state index in [4.69, 9.17) is 5.11 Å². The average molecular weight is 145 g/mol. The summed E-state index contributed by atoms with van der Waals surface area (Å²) in [4.78, 5) is 12.2. The zero-order valence-electron chi connectivity index (χ0n) is 6.79. The van der Waals surface area contributed by atoms with Crippen molar-refractivity contribution < 1.29 is 9.90 Å². The van der Waals surface area contributed by atoms with Crippen LogP contribution in [-0.2, 0) is 4.79 Å². The molecule has 0 heterocycles. The van der Waals surface area contributed by atoms with E-state index >= 15 is 0 Å². The fourth-order valence-electron chi connectivity index (χ4n) is 0.720. The molecule has 0 rings (SSSR count). The molecule has 3 nitrogen and oxygen atoms in total. The third-order valence-electron chi connectivity index (χ3n) is 1.72. The Balaban J connectivity index is 3.61. The van der Waals surface area contributed by atoms with Crippen LogP contribution in [0.5, 0.6) is 0 Å². The predicted octanol–water partition coefficient (Wildman–Crippen LogP) is 0.801. The average Bonchev–Trinajstić information content (AvgIpc) is 1.85. The maximum absolute atomic E-state index is 10.2. The maximum Gasteiger partial charge on any atom is 0.304 e. The summed E-state index contributed by atoms with van der Waals surface area (Å²) in [6.07, 6.45) is 0.227. The number of carbonyl (C=O) groups is 1. The van der Waals surface area contributed by atoms with E-state index in [0.29, 0.717) is 0 Å². The molecule has 3 heteroatoms. The van der Waals surface area contributed by atoms with E-state index < -0.39 is 5.97 Å². The van der Waals surface area contributed by atoms with E-state index in [-0.39, 0.29) is 12.5 Å². The van der Waals surface area contributed by atoms with Gasteiger partial charge in [-0.2, -0.15) is 0 Å². The van der Waals surface area contributed by atoms with Crippen molar-refractivity contribution in [3.05, 3.63) is 0 Å². The van der Waals surface area contributed by atoms with Crippen molar-refractivity contribution in [2.75, 3.05) is 13.6 Å². The van der Waals surface area contributed by atoms with Crippen LogP contribution in [0.25, 0.3) is 0 Å². The van der Waals surface area contributed by atoms with Gasteiger partial charge in [-0.05, 0) is 20.5 Å². The minimum Gasteiger partial charge on any atom is -0.481 e. The van der Waals surface area contributed by atoms with Crippen LogP contribution in [0.3, 0.4) is 0 Å². The topological polar surface area (TPSA) is 40.5 Å². The molecule has 0 aliphatic rings. The fourth-order valence-corrected chi connectivity index (χ4v) is 0.720. The molecule has 0 unspecified atom stereocenters. The molecule has 0 aromatic rings. The molecular weight excluding hydrogens is 130 g/mol. The van der Waals surface area contributed by atoms with Gasteiger partial charge >= 0.3 is 5.97 Å². The molecule has 0 fully saturated rings. The Kier molecular flexibility index (Phi) is 4.03. The largest absolute Gasteiger partial charge is 0.481 e. The van der Waals surface area contributed by atoms with Gasteiger partial charge in [-0.1, -0.05) is 6.92 Å². The minimum absolute atomic E-state index is 0.141. The van der Waals surface area contributed by atoms with Crippen molar-refractivity contribution in [1.29, 1.82) is 0 Å². The lowest BCUT2D eigenvalue weighted by Gasteiger charge is -2.20. The number of nitrogens with zero attached hydrogens (tertiary/aromatic N) is 1. The summed E-state index contributed by atoms with van der Waals surface area (Å²) in [5.41, 5.74) is 0. The first-order valence-electron chi connectivity index (χ1n) is 3.50. The standard InChI is InChI=1S/C7H15NO2/c1-4-8(3)6(2)5-7(9)10/h6H,4-5H2,1-3H3,(H,9,10)/t6-/m0/s1. The van der Waals surface area contributed by atoms with Crippen LogP contribution in [0.4, 0.5) is 0 Å².